The summed E-state index contributed by atoms with van der Waals surface area (Å²) in [6, 6.07) is 4.74. The van der Waals surface area contributed by atoms with Gasteiger partial charge in [0.15, 0.2) is 0 Å². The molecule has 6 nitrogen and oxygen atoms in total. The Balaban J connectivity index is 2.65. The van der Waals surface area contributed by atoms with Crippen LogP contribution in [0.25, 0.3) is 0 Å². The summed E-state index contributed by atoms with van der Waals surface area (Å²) in [5, 5.41) is 0. The molecule has 0 radical (unpaired) electrons. The minimum Gasteiger partial charge on any atom is -0.497 e. The molecule has 0 unspecified atom stereocenters. The normalized spacial score (nSPS) is 11.0. The van der Waals surface area contributed by atoms with Crippen molar-refractivity contribution < 1.29 is 27.4 Å². The maximum Gasteiger partial charge on any atom is 0.341 e. The van der Waals surface area contributed by atoms with Gasteiger partial charge in [-0.05, 0) is 25.0 Å². The summed E-state index contributed by atoms with van der Waals surface area (Å²) < 4.78 is 36.8. The second-order valence-electron chi connectivity index (χ2n) is 4.15. The molecular weight excluding hydrogens is 320 g/mol. The van der Waals surface area contributed by atoms with E-state index in [1.165, 1.54) is 14.2 Å². The first-order valence-corrected chi connectivity index (χ1v) is 8.66. The molecule has 0 aliphatic carbocycles. The maximum atomic E-state index is 11.6. The largest absolute Gasteiger partial charge is 0.497 e. The van der Waals surface area contributed by atoms with E-state index >= 15 is 0 Å². The predicted octanol–water partition coefficient (Wildman–Crippen LogP) is 2.21. The summed E-state index contributed by atoms with van der Waals surface area (Å²) in [4.78, 5) is 11.6. The molecule has 0 N–H and O–H groups in total. The van der Waals surface area contributed by atoms with Crippen molar-refractivity contribution in [3.8, 4) is 11.5 Å². The number of carbonyl (C=O) groups is 1. The topological polar surface area (TPSA) is 78.9 Å². The van der Waals surface area contributed by atoms with Gasteiger partial charge in [-0.1, -0.05) is 0 Å². The highest BCUT2D eigenvalue weighted by molar-refractivity contribution is 8.13. The van der Waals surface area contributed by atoms with Gasteiger partial charge in [0.1, 0.15) is 17.1 Å². The number of hydrogen-bond acceptors (Lipinski definition) is 6. The van der Waals surface area contributed by atoms with Gasteiger partial charge in [-0.25, -0.2) is 13.2 Å². The molecule has 0 aliphatic rings. The first-order valence-electron chi connectivity index (χ1n) is 6.19. The van der Waals surface area contributed by atoms with Crippen LogP contribution in [0.3, 0.4) is 0 Å². The Labute approximate surface area is 128 Å². The number of ether oxygens (including phenoxy) is 3. The molecular formula is C13H17ClO6S. The molecule has 0 bridgehead atoms. The van der Waals surface area contributed by atoms with Gasteiger partial charge in [0.25, 0.3) is 0 Å². The van der Waals surface area contributed by atoms with Crippen molar-refractivity contribution in [2.75, 3.05) is 26.6 Å². The second-order valence-corrected chi connectivity index (χ2v) is 7.05. The number of rotatable bonds is 8. The average Bonchev–Trinajstić information content (AvgIpc) is 2.44. The van der Waals surface area contributed by atoms with Gasteiger partial charge in [-0.15, -0.1) is 0 Å². The van der Waals surface area contributed by atoms with E-state index in [1.54, 1.807) is 18.2 Å². The van der Waals surface area contributed by atoms with Crippen LogP contribution in [0, 0.1) is 0 Å². The van der Waals surface area contributed by atoms with Crippen LogP contribution in [0.2, 0.25) is 0 Å². The van der Waals surface area contributed by atoms with E-state index in [9.17, 15) is 13.2 Å². The van der Waals surface area contributed by atoms with Gasteiger partial charge in [0.2, 0.25) is 9.05 Å². The summed E-state index contributed by atoms with van der Waals surface area (Å²) >= 11 is 0. The van der Waals surface area contributed by atoms with Crippen molar-refractivity contribution in [2.45, 2.75) is 12.8 Å². The van der Waals surface area contributed by atoms with Crippen LogP contribution in [0.15, 0.2) is 18.2 Å². The zero-order valence-corrected chi connectivity index (χ0v) is 13.4. The van der Waals surface area contributed by atoms with Gasteiger partial charge in [-0.3, -0.25) is 0 Å². The van der Waals surface area contributed by atoms with Crippen molar-refractivity contribution in [3.05, 3.63) is 23.8 Å². The summed E-state index contributed by atoms with van der Waals surface area (Å²) in [7, 11) is 4.41. The number of methoxy groups -OCH3 is 2. The predicted molar refractivity (Wildman–Crippen MR) is 78.7 cm³/mol. The molecule has 0 heterocycles. The lowest BCUT2D eigenvalue weighted by Gasteiger charge is -2.11. The number of unbranched alkanes of at least 4 members (excludes halogenated alkanes) is 1. The van der Waals surface area contributed by atoms with Crippen LogP contribution in [0.4, 0.5) is 0 Å². The number of hydrogen-bond donors (Lipinski definition) is 0. The highest BCUT2D eigenvalue weighted by atomic mass is 35.7. The van der Waals surface area contributed by atoms with Gasteiger partial charge in [0.05, 0.1) is 26.6 Å². The standard InChI is InChI=1S/C13H17ClO6S/c1-18-10-5-6-11(13(15)19-2)12(9-10)20-7-3-4-8-21(14,16)17/h5-6,9H,3-4,7-8H2,1-2H3. The smallest absolute Gasteiger partial charge is 0.341 e. The third-order valence-corrected chi connectivity index (χ3v) is 3.87. The molecule has 0 aromatic heterocycles. The first-order chi connectivity index (χ1) is 9.87. The fourth-order valence-electron chi connectivity index (χ4n) is 1.59. The molecule has 1 rings (SSSR count). The van der Waals surface area contributed by atoms with Gasteiger partial charge in [-0.2, -0.15) is 0 Å². The molecule has 0 fully saturated rings. The number of benzene rings is 1. The van der Waals surface area contributed by atoms with Crippen molar-refractivity contribution in [1.29, 1.82) is 0 Å². The van der Waals surface area contributed by atoms with E-state index in [2.05, 4.69) is 4.74 Å². The Kier molecular flexibility index (Phi) is 6.77. The van der Waals surface area contributed by atoms with E-state index in [4.69, 9.17) is 20.2 Å². The summed E-state index contributed by atoms with van der Waals surface area (Å²) in [6.07, 6.45) is 0.868. The molecule has 0 aliphatic heterocycles. The fraction of sp³-hybridized carbons (Fsp3) is 0.462. The quantitative estimate of drug-likeness (QED) is 0.411. The molecule has 0 saturated heterocycles. The lowest BCUT2D eigenvalue weighted by Crippen LogP contribution is -2.08. The number of esters is 1. The molecule has 1 aromatic rings. The van der Waals surface area contributed by atoms with Gasteiger partial charge in [0, 0.05) is 16.7 Å². The maximum absolute atomic E-state index is 11.6. The van der Waals surface area contributed by atoms with Crippen LogP contribution in [-0.2, 0) is 13.8 Å². The van der Waals surface area contributed by atoms with Crippen LogP contribution in [0.5, 0.6) is 11.5 Å². The van der Waals surface area contributed by atoms with Crippen LogP contribution in [-0.4, -0.2) is 41.0 Å². The average molecular weight is 337 g/mol. The Bertz CT molecular complexity index is 584. The summed E-state index contributed by atoms with van der Waals surface area (Å²) in [5.41, 5.74) is 0.281. The van der Waals surface area contributed by atoms with E-state index in [-0.39, 0.29) is 17.9 Å². The minimum absolute atomic E-state index is 0.111. The Morgan fingerprint density at radius 3 is 2.52 bits per heavy atom. The van der Waals surface area contributed by atoms with Crippen LogP contribution < -0.4 is 9.47 Å². The Hall–Kier alpha value is -1.47. The zero-order chi connectivity index (χ0) is 15.9. The first kappa shape index (κ1) is 17.6. The zero-order valence-electron chi connectivity index (χ0n) is 11.8. The number of carbonyl (C=O) groups excluding carboxylic acids is 1. The highest BCUT2D eigenvalue weighted by Gasteiger charge is 2.14. The Morgan fingerprint density at radius 2 is 1.95 bits per heavy atom. The molecule has 1 aromatic carbocycles. The lowest BCUT2D eigenvalue weighted by atomic mass is 10.2. The van der Waals surface area contributed by atoms with E-state index in [0.717, 1.165) is 0 Å². The second kappa shape index (κ2) is 8.09. The molecule has 8 heteroatoms. The number of halogens is 1. The monoisotopic (exact) mass is 336 g/mol. The fourth-order valence-corrected chi connectivity index (χ4v) is 2.46. The van der Waals surface area contributed by atoms with Crippen molar-refractivity contribution in [3.63, 3.8) is 0 Å². The minimum atomic E-state index is -3.48. The van der Waals surface area contributed by atoms with Gasteiger partial charge >= 0.3 is 5.97 Å². The third-order valence-electron chi connectivity index (χ3n) is 2.63. The Morgan fingerprint density at radius 1 is 1.24 bits per heavy atom. The van der Waals surface area contributed by atoms with E-state index < -0.39 is 15.0 Å². The molecule has 0 amide bonds. The van der Waals surface area contributed by atoms with Crippen LogP contribution >= 0.6 is 10.7 Å². The summed E-state index contributed by atoms with van der Waals surface area (Å²) in [5.74, 6) is 0.242. The highest BCUT2D eigenvalue weighted by Crippen LogP contribution is 2.25. The van der Waals surface area contributed by atoms with E-state index in [0.29, 0.717) is 24.3 Å². The lowest BCUT2D eigenvalue weighted by molar-refractivity contribution is 0.0596. The van der Waals surface area contributed by atoms with Crippen molar-refractivity contribution >= 4 is 25.7 Å². The molecule has 21 heavy (non-hydrogen) atoms. The van der Waals surface area contributed by atoms with Crippen molar-refractivity contribution in [1.82, 2.24) is 0 Å². The third kappa shape index (κ3) is 6.22. The molecule has 0 atom stereocenters. The SMILES string of the molecule is COC(=O)c1ccc(OC)cc1OCCCCS(=O)(=O)Cl. The summed E-state index contributed by atoms with van der Waals surface area (Å²) in [6.45, 7) is 0.254. The van der Waals surface area contributed by atoms with E-state index in [1.807, 2.05) is 0 Å². The van der Waals surface area contributed by atoms with Gasteiger partial charge < -0.3 is 14.2 Å². The molecule has 0 saturated carbocycles. The van der Waals surface area contributed by atoms with Crippen LogP contribution in [0.1, 0.15) is 23.2 Å². The molecule has 0 spiro atoms. The molecule has 118 valence electrons. The van der Waals surface area contributed by atoms with Crippen molar-refractivity contribution in [2.24, 2.45) is 0 Å².